The highest BCUT2D eigenvalue weighted by Crippen LogP contribution is 2.05. The Bertz CT molecular complexity index is 107. The van der Waals surface area contributed by atoms with Gasteiger partial charge in [0.2, 0.25) is 0 Å². The molecule has 2 N–H and O–H groups in total. The second-order valence-corrected chi connectivity index (χ2v) is 7.33. The van der Waals surface area contributed by atoms with Crippen LogP contribution in [0.1, 0.15) is 20.3 Å². The minimum atomic E-state index is -1.51. The van der Waals surface area contributed by atoms with Crippen molar-refractivity contribution in [3.63, 3.8) is 0 Å². The van der Waals surface area contributed by atoms with E-state index in [0.29, 0.717) is 0 Å². The lowest BCUT2D eigenvalue weighted by Gasteiger charge is -2.37. The minimum Gasteiger partial charge on any atom is -0.316 e. The van der Waals surface area contributed by atoms with Gasteiger partial charge in [0.25, 0.3) is 8.56 Å². The van der Waals surface area contributed by atoms with Crippen molar-refractivity contribution in [2.45, 2.75) is 26.3 Å². The molecule has 0 unspecified atom stereocenters. The molecular weight excluding hydrogens is 166 g/mol. The quantitative estimate of drug-likeness (QED) is 0.603. The molecule has 0 saturated carbocycles. The minimum absolute atomic E-state index is 1.17. The summed E-state index contributed by atoms with van der Waals surface area (Å²) in [4.78, 5) is 6.91. The lowest BCUT2D eigenvalue weighted by atomic mass is 10.5. The van der Waals surface area contributed by atoms with Crippen molar-refractivity contribution in [3.8, 4) is 0 Å². The summed E-state index contributed by atoms with van der Waals surface area (Å²) in [5, 5.41) is 0. The second kappa shape index (κ2) is 5.69. The van der Waals surface area contributed by atoms with Crippen molar-refractivity contribution in [2.75, 3.05) is 27.7 Å². The zero-order valence-corrected chi connectivity index (χ0v) is 10.1. The van der Waals surface area contributed by atoms with E-state index in [2.05, 4.69) is 49.5 Å². The molecule has 0 atom stereocenters. The highest BCUT2D eigenvalue weighted by atomic mass is 28.4. The Morgan fingerprint density at radius 2 is 1.67 bits per heavy atom. The smallest absolute Gasteiger partial charge is 0.283 e. The van der Waals surface area contributed by atoms with E-state index in [0.717, 1.165) is 0 Å². The molecule has 0 spiro atoms. The van der Waals surface area contributed by atoms with Crippen LogP contribution in [0.5, 0.6) is 0 Å². The highest BCUT2D eigenvalue weighted by molar-refractivity contribution is 6.72. The van der Waals surface area contributed by atoms with Crippen LogP contribution in [0.15, 0.2) is 0 Å². The Kier molecular flexibility index (Phi) is 5.74. The van der Waals surface area contributed by atoms with Gasteiger partial charge in [0.05, 0.1) is 0 Å². The van der Waals surface area contributed by atoms with E-state index in [1.807, 2.05) is 0 Å². The molecule has 0 aromatic heterocycles. The maximum atomic E-state index is 3.45. The van der Waals surface area contributed by atoms with Crippen molar-refractivity contribution < 1.29 is 0 Å². The predicted molar refractivity (Wildman–Crippen MR) is 57.3 cm³/mol. The summed E-state index contributed by atoms with van der Waals surface area (Å²) in [6, 6.07) is 1.19. The Balaban J connectivity index is 4.24. The van der Waals surface area contributed by atoms with Gasteiger partial charge in [-0.1, -0.05) is 13.8 Å². The Morgan fingerprint density at radius 3 is 1.92 bits per heavy atom. The third-order valence-electron chi connectivity index (χ3n) is 2.55. The van der Waals surface area contributed by atoms with Crippen LogP contribution in [0.3, 0.4) is 0 Å². The number of nitrogens with one attached hydrogen (secondary N) is 2. The van der Waals surface area contributed by atoms with Crippen LogP contribution in [0.25, 0.3) is 0 Å². The average molecular weight is 189 g/mol. The molecule has 0 radical (unpaired) electrons. The summed E-state index contributed by atoms with van der Waals surface area (Å²) in [6.07, 6.45) is 1.22. The summed E-state index contributed by atoms with van der Waals surface area (Å²) in [5.41, 5.74) is 0. The van der Waals surface area contributed by atoms with Gasteiger partial charge >= 0.3 is 0 Å². The summed E-state index contributed by atoms with van der Waals surface area (Å²) in [5.74, 6) is 0. The number of nitrogens with zero attached hydrogens (tertiary/aromatic N) is 1. The Morgan fingerprint density at radius 1 is 1.17 bits per heavy atom. The molecule has 0 aliphatic heterocycles. The van der Waals surface area contributed by atoms with Crippen molar-refractivity contribution in [1.29, 1.82) is 0 Å². The third-order valence-corrected chi connectivity index (χ3v) is 6.75. The van der Waals surface area contributed by atoms with Crippen LogP contribution < -0.4 is 9.96 Å². The van der Waals surface area contributed by atoms with Gasteiger partial charge in [-0.2, -0.15) is 0 Å². The molecule has 0 bridgehead atoms. The van der Waals surface area contributed by atoms with Gasteiger partial charge in [-0.15, -0.1) is 0 Å². The first kappa shape index (κ1) is 12.1. The van der Waals surface area contributed by atoms with Gasteiger partial charge in [-0.05, 0) is 40.2 Å². The zero-order chi connectivity index (χ0) is 9.61. The van der Waals surface area contributed by atoms with E-state index in [1.165, 1.54) is 19.0 Å². The van der Waals surface area contributed by atoms with Gasteiger partial charge < -0.3 is 14.5 Å². The van der Waals surface area contributed by atoms with E-state index in [-0.39, 0.29) is 0 Å². The topological polar surface area (TPSA) is 27.3 Å². The number of hydrogen-bond acceptors (Lipinski definition) is 3. The van der Waals surface area contributed by atoms with Crippen LogP contribution in [-0.4, -0.2) is 40.8 Å². The molecule has 0 aromatic carbocycles. The summed E-state index contributed by atoms with van der Waals surface area (Å²) >= 11 is 0. The lowest BCUT2D eigenvalue weighted by Crippen LogP contribution is -2.70. The number of rotatable bonds is 6. The van der Waals surface area contributed by atoms with Crippen molar-refractivity contribution in [2.24, 2.45) is 0 Å². The molecule has 4 heteroatoms. The van der Waals surface area contributed by atoms with E-state index in [1.54, 1.807) is 0 Å². The molecule has 0 fully saturated rings. The van der Waals surface area contributed by atoms with Gasteiger partial charge in [-0.25, -0.2) is 0 Å². The van der Waals surface area contributed by atoms with Crippen LogP contribution in [0.4, 0.5) is 0 Å². The first-order valence-electron chi connectivity index (χ1n) is 4.75. The summed E-state index contributed by atoms with van der Waals surface area (Å²) in [7, 11) is 4.80. The maximum Gasteiger partial charge on any atom is 0.283 e. The average Bonchev–Trinajstić information content (AvgIpc) is 2.09. The first-order valence-corrected chi connectivity index (χ1v) is 6.91. The fourth-order valence-electron chi connectivity index (χ4n) is 1.66. The molecule has 0 aromatic rings. The standard InChI is InChI=1S/C8H23N3Si/c1-6-8-11(5)12(7-2,9-3)10-4/h9-10H,6-8H2,1-5H3. The van der Waals surface area contributed by atoms with Gasteiger partial charge in [0, 0.05) is 0 Å². The van der Waals surface area contributed by atoms with Crippen LogP contribution in [-0.2, 0) is 0 Å². The maximum absolute atomic E-state index is 3.45. The van der Waals surface area contributed by atoms with Gasteiger partial charge in [0.15, 0.2) is 0 Å². The molecule has 0 amide bonds. The van der Waals surface area contributed by atoms with Crippen molar-refractivity contribution in [3.05, 3.63) is 0 Å². The fourth-order valence-corrected chi connectivity index (χ4v) is 4.52. The normalized spacial score (nSPS) is 12.5. The van der Waals surface area contributed by atoms with Gasteiger partial charge in [0.1, 0.15) is 0 Å². The van der Waals surface area contributed by atoms with Crippen LogP contribution in [0, 0.1) is 0 Å². The molecular formula is C8H23N3Si. The first-order chi connectivity index (χ1) is 5.66. The molecule has 3 nitrogen and oxygen atoms in total. The van der Waals surface area contributed by atoms with E-state index < -0.39 is 8.56 Å². The summed E-state index contributed by atoms with van der Waals surface area (Å²) < 4.78 is 2.45. The molecule has 0 heterocycles. The van der Waals surface area contributed by atoms with E-state index >= 15 is 0 Å². The molecule has 74 valence electrons. The lowest BCUT2D eigenvalue weighted by molar-refractivity contribution is 0.470. The second-order valence-electron chi connectivity index (χ2n) is 3.14. The molecule has 0 aliphatic rings. The Labute approximate surface area is 77.8 Å². The predicted octanol–water partition coefficient (Wildman–Crippen LogP) is 0.726. The zero-order valence-electron chi connectivity index (χ0n) is 9.07. The monoisotopic (exact) mass is 189 g/mol. The largest absolute Gasteiger partial charge is 0.316 e. The van der Waals surface area contributed by atoms with E-state index in [4.69, 9.17) is 0 Å². The summed E-state index contributed by atoms with van der Waals surface area (Å²) in [6.45, 7) is 5.63. The molecule has 12 heavy (non-hydrogen) atoms. The highest BCUT2D eigenvalue weighted by Gasteiger charge is 2.32. The molecule has 0 aliphatic carbocycles. The SMILES string of the molecule is CCCN(C)[Si](CC)(NC)NC. The Hall–Kier alpha value is 0.0969. The van der Waals surface area contributed by atoms with Crippen LogP contribution in [0.2, 0.25) is 6.04 Å². The van der Waals surface area contributed by atoms with E-state index in [9.17, 15) is 0 Å². The fraction of sp³-hybridized carbons (Fsp3) is 1.00. The third kappa shape index (κ3) is 2.55. The van der Waals surface area contributed by atoms with Crippen LogP contribution >= 0.6 is 0 Å². The molecule has 0 rings (SSSR count). The molecule has 0 saturated heterocycles. The van der Waals surface area contributed by atoms with Crippen molar-refractivity contribution in [1.82, 2.24) is 14.5 Å². The van der Waals surface area contributed by atoms with Crippen molar-refractivity contribution >= 4 is 8.56 Å². The number of hydrogen-bond donors (Lipinski definition) is 2. The van der Waals surface area contributed by atoms with Gasteiger partial charge in [-0.3, -0.25) is 0 Å².